The largest absolute Gasteiger partial charge is 0.382 e. The number of aromatic nitrogens is 1. The van der Waals surface area contributed by atoms with E-state index in [9.17, 15) is 0 Å². The molecule has 2 N–H and O–H groups in total. The molecular weight excluding hydrogens is 206 g/mol. The Morgan fingerprint density at radius 2 is 2.36 bits per heavy atom. The van der Waals surface area contributed by atoms with E-state index in [1.54, 1.807) is 13.2 Å². The highest BCUT2D eigenvalue weighted by Gasteiger charge is 1.96. The van der Waals surface area contributed by atoms with E-state index in [1.807, 2.05) is 12.1 Å². The smallest absolute Gasteiger partial charge is 0.144 e. The van der Waals surface area contributed by atoms with Crippen LogP contribution in [0.1, 0.15) is 5.69 Å². The second kappa shape index (κ2) is 3.48. The highest BCUT2D eigenvalue weighted by Crippen LogP contribution is 2.06. The van der Waals surface area contributed by atoms with Gasteiger partial charge in [-0.15, -0.1) is 0 Å². The monoisotopic (exact) mass is 213 g/mol. The van der Waals surface area contributed by atoms with Crippen molar-refractivity contribution in [3.63, 3.8) is 0 Å². The summed E-state index contributed by atoms with van der Waals surface area (Å²) < 4.78 is 0.935. The molecule has 0 unspecified atom stereocenters. The molecule has 1 heterocycles. The van der Waals surface area contributed by atoms with E-state index in [2.05, 4.69) is 25.9 Å². The zero-order chi connectivity index (χ0) is 8.27. The molecule has 58 valence electrons. The Labute approximate surface area is 73.5 Å². The van der Waals surface area contributed by atoms with Crippen molar-refractivity contribution in [2.24, 2.45) is 10.7 Å². The fraction of sp³-hybridized carbons (Fsp3) is 0.143. The highest BCUT2D eigenvalue weighted by atomic mass is 79.9. The minimum atomic E-state index is 0.456. The third-order valence-corrected chi connectivity index (χ3v) is 1.70. The average molecular weight is 214 g/mol. The second-order valence-electron chi connectivity index (χ2n) is 1.97. The zero-order valence-electron chi connectivity index (χ0n) is 6.08. The van der Waals surface area contributed by atoms with Gasteiger partial charge in [-0.2, -0.15) is 0 Å². The van der Waals surface area contributed by atoms with Gasteiger partial charge in [0.2, 0.25) is 0 Å². The molecule has 0 amide bonds. The maximum absolute atomic E-state index is 5.52. The number of rotatable bonds is 1. The predicted octanol–water partition coefficient (Wildman–Crippen LogP) is 1.18. The molecule has 11 heavy (non-hydrogen) atoms. The number of halogens is 1. The van der Waals surface area contributed by atoms with Gasteiger partial charge in [0.15, 0.2) is 0 Å². The molecule has 0 aliphatic carbocycles. The summed E-state index contributed by atoms with van der Waals surface area (Å²) in [7, 11) is 1.64. The van der Waals surface area contributed by atoms with E-state index in [0.717, 1.165) is 4.47 Å². The summed E-state index contributed by atoms with van der Waals surface area (Å²) in [5.41, 5.74) is 6.22. The maximum Gasteiger partial charge on any atom is 0.144 e. The summed E-state index contributed by atoms with van der Waals surface area (Å²) in [4.78, 5) is 7.85. The van der Waals surface area contributed by atoms with Crippen LogP contribution in [-0.2, 0) is 0 Å². The molecule has 0 saturated heterocycles. The van der Waals surface area contributed by atoms with Gasteiger partial charge < -0.3 is 5.73 Å². The van der Waals surface area contributed by atoms with E-state index in [1.165, 1.54) is 0 Å². The number of aliphatic imine (C=N–C) groups is 1. The average Bonchev–Trinajstić information content (AvgIpc) is 2.05. The summed E-state index contributed by atoms with van der Waals surface area (Å²) in [6.45, 7) is 0. The fourth-order valence-corrected chi connectivity index (χ4v) is 0.876. The van der Waals surface area contributed by atoms with Gasteiger partial charge in [-0.25, -0.2) is 0 Å². The normalized spacial score (nSPS) is 11.6. The first kappa shape index (κ1) is 8.20. The van der Waals surface area contributed by atoms with Crippen LogP contribution in [0.3, 0.4) is 0 Å². The van der Waals surface area contributed by atoms with Crippen molar-refractivity contribution in [2.45, 2.75) is 0 Å². The lowest BCUT2D eigenvalue weighted by Gasteiger charge is -1.96. The summed E-state index contributed by atoms with van der Waals surface area (Å²) in [5, 5.41) is 0. The number of hydrogen-bond donors (Lipinski definition) is 1. The molecule has 0 aliphatic rings. The number of hydrogen-bond acceptors (Lipinski definition) is 2. The van der Waals surface area contributed by atoms with Crippen LogP contribution in [0.15, 0.2) is 27.8 Å². The first-order valence-electron chi connectivity index (χ1n) is 3.08. The van der Waals surface area contributed by atoms with Gasteiger partial charge in [0.25, 0.3) is 0 Å². The number of amidine groups is 1. The molecule has 0 saturated carbocycles. The Morgan fingerprint density at radius 3 is 2.82 bits per heavy atom. The molecule has 0 fully saturated rings. The Hall–Kier alpha value is -0.900. The van der Waals surface area contributed by atoms with E-state index < -0.39 is 0 Å². The van der Waals surface area contributed by atoms with Crippen molar-refractivity contribution in [3.8, 4) is 0 Å². The minimum Gasteiger partial charge on any atom is -0.382 e. The van der Waals surface area contributed by atoms with Gasteiger partial charge >= 0.3 is 0 Å². The first-order valence-corrected chi connectivity index (χ1v) is 3.87. The summed E-state index contributed by atoms with van der Waals surface area (Å²) in [5.74, 6) is 0.456. The summed E-state index contributed by atoms with van der Waals surface area (Å²) in [6, 6.07) is 3.69. The number of nitrogens with zero attached hydrogens (tertiary/aromatic N) is 2. The molecule has 0 aliphatic heterocycles. The van der Waals surface area contributed by atoms with Crippen molar-refractivity contribution < 1.29 is 0 Å². The lowest BCUT2D eigenvalue weighted by atomic mass is 10.3. The molecule has 0 bridgehead atoms. The second-order valence-corrected chi connectivity index (χ2v) is 2.89. The van der Waals surface area contributed by atoms with Crippen molar-refractivity contribution in [2.75, 3.05) is 7.05 Å². The van der Waals surface area contributed by atoms with Crippen LogP contribution >= 0.6 is 15.9 Å². The summed E-state index contributed by atoms with van der Waals surface area (Å²) in [6.07, 6.45) is 1.69. The molecule has 0 atom stereocenters. The lowest BCUT2D eigenvalue weighted by Crippen LogP contribution is -2.14. The topological polar surface area (TPSA) is 51.3 Å². The molecule has 1 aromatic rings. The molecule has 0 spiro atoms. The van der Waals surface area contributed by atoms with Crippen LogP contribution in [0.5, 0.6) is 0 Å². The Morgan fingerprint density at radius 1 is 1.64 bits per heavy atom. The van der Waals surface area contributed by atoms with Crippen LogP contribution in [0.2, 0.25) is 0 Å². The van der Waals surface area contributed by atoms with E-state index >= 15 is 0 Å². The van der Waals surface area contributed by atoms with Crippen LogP contribution in [0.4, 0.5) is 0 Å². The number of nitrogens with two attached hydrogens (primary N) is 1. The highest BCUT2D eigenvalue weighted by molar-refractivity contribution is 9.10. The predicted molar refractivity (Wildman–Crippen MR) is 48.6 cm³/mol. The minimum absolute atomic E-state index is 0.456. The quantitative estimate of drug-likeness (QED) is 0.563. The van der Waals surface area contributed by atoms with E-state index in [-0.39, 0.29) is 0 Å². The van der Waals surface area contributed by atoms with Crippen LogP contribution in [0, 0.1) is 0 Å². The Balaban J connectivity index is 2.99. The van der Waals surface area contributed by atoms with Gasteiger partial charge in [-0.05, 0) is 28.1 Å². The maximum atomic E-state index is 5.52. The van der Waals surface area contributed by atoms with E-state index in [0.29, 0.717) is 11.5 Å². The third kappa shape index (κ3) is 2.01. The molecule has 1 aromatic heterocycles. The van der Waals surface area contributed by atoms with E-state index in [4.69, 9.17) is 5.73 Å². The standard InChI is InChI=1S/C7H8BrN3/c1-10-7(9)6-3-2-5(8)4-11-6/h2-4H,1H3,(H2,9,10). The van der Waals surface area contributed by atoms with Gasteiger partial charge in [0.1, 0.15) is 11.5 Å². The number of pyridine rings is 1. The SMILES string of the molecule is CN=C(N)c1ccc(Br)cn1. The van der Waals surface area contributed by atoms with Crippen LogP contribution in [-0.4, -0.2) is 17.9 Å². The van der Waals surface area contributed by atoms with Crippen LogP contribution < -0.4 is 5.73 Å². The van der Waals surface area contributed by atoms with Crippen molar-refractivity contribution in [1.82, 2.24) is 4.98 Å². The molecule has 0 radical (unpaired) electrons. The Kier molecular flexibility index (Phi) is 2.59. The molecule has 0 aromatic carbocycles. The van der Waals surface area contributed by atoms with Gasteiger partial charge in [-0.3, -0.25) is 9.98 Å². The molecule has 3 nitrogen and oxygen atoms in total. The third-order valence-electron chi connectivity index (χ3n) is 1.23. The zero-order valence-corrected chi connectivity index (χ0v) is 7.67. The Bertz CT molecular complexity index is 266. The molecule has 4 heteroatoms. The van der Waals surface area contributed by atoms with Crippen LogP contribution in [0.25, 0.3) is 0 Å². The van der Waals surface area contributed by atoms with Gasteiger partial charge in [0.05, 0.1) is 0 Å². The lowest BCUT2D eigenvalue weighted by molar-refractivity contribution is 1.24. The molecular formula is C7H8BrN3. The fourth-order valence-electron chi connectivity index (χ4n) is 0.642. The summed E-state index contributed by atoms with van der Waals surface area (Å²) >= 11 is 3.27. The van der Waals surface area contributed by atoms with Crippen molar-refractivity contribution >= 4 is 21.8 Å². The van der Waals surface area contributed by atoms with Gasteiger partial charge in [0, 0.05) is 17.7 Å². The van der Waals surface area contributed by atoms with Gasteiger partial charge in [-0.1, -0.05) is 0 Å². The first-order chi connectivity index (χ1) is 5.24. The van der Waals surface area contributed by atoms with Crippen molar-refractivity contribution in [3.05, 3.63) is 28.5 Å². The molecule has 1 rings (SSSR count). The van der Waals surface area contributed by atoms with Crippen molar-refractivity contribution in [1.29, 1.82) is 0 Å².